The van der Waals surface area contributed by atoms with Gasteiger partial charge in [-0.15, -0.1) is 0 Å². The van der Waals surface area contributed by atoms with E-state index < -0.39 is 6.04 Å². The molecule has 24 heavy (non-hydrogen) atoms. The molecule has 1 heterocycles. The van der Waals surface area contributed by atoms with Crippen LogP contribution in [0.5, 0.6) is 0 Å². The van der Waals surface area contributed by atoms with Crippen LogP contribution in [0.2, 0.25) is 0 Å². The van der Waals surface area contributed by atoms with Crippen molar-refractivity contribution < 1.29 is 14.7 Å². The second-order valence-corrected chi connectivity index (χ2v) is 6.68. The molecule has 0 aromatic heterocycles. The maximum absolute atomic E-state index is 12.6. The van der Waals surface area contributed by atoms with E-state index in [0.29, 0.717) is 12.1 Å². The van der Waals surface area contributed by atoms with Crippen molar-refractivity contribution in [2.45, 2.75) is 51.8 Å². The Hall–Kier alpha value is -1.92. The summed E-state index contributed by atoms with van der Waals surface area (Å²) in [6.45, 7) is 4.86. The molecule has 2 atom stereocenters. The van der Waals surface area contributed by atoms with Crippen LogP contribution in [-0.4, -0.2) is 35.5 Å². The van der Waals surface area contributed by atoms with Crippen molar-refractivity contribution in [2.24, 2.45) is 5.92 Å². The van der Waals surface area contributed by atoms with Crippen molar-refractivity contribution in [2.75, 3.05) is 11.9 Å². The Morgan fingerprint density at radius 1 is 1.29 bits per heavy atom. The van der Waals surface area contributed by atoms with Gasteiger partial charge in [0.2, 0.25) is 11.8 Å². The topological polar surface area (TPSA) is 90.5 Å². The maximum Gasteiger partial charge on any atom is 0.246 e. The third-order valence-electron chi connectivity index (χ3n) is 4.12. The normalized spacial score (nSPS) is 18.4. The predicted molar refractivity (Wildman–Crippen MR) is 93.4 cm³/mol. The zero-order valence-corrected chi connectivity index (χ0v) is 14.3. The lowest BCUT2D eigenvalue weighted by Gasteiger charge is -2.22. The molecule has 0 bridgehead atoms. The monoisotopic (exact) mass is 333 g/mol. The van der Waals surface area contributed by atoms with Crippen molar-refractivity contribution in [3.05, 3.63) is 29.8 Å². The quantitative estimate of drug-likeness (QED) is 0.607. The molecule has 6 nitrogen and oxygen atoms in total. The van der Waals surface area contributed by atoms with E-state index in [4.69, 9.17) is 5.11 Å². The van der Waals surface area contributed by atoms with Crippen molar-refractivity contribution in [3.63, 3.8) is 0 Å². The molecule has 0 radical (unpaired) electrons. The van der Waals surface area contributed by atoms with Gasteiger partial charge in [-0.25, -0.2) is 0 Å². The molecule has 0 saturated carbocycles. The Labute approximate surface area is 143 Å². The molecule has 1 aromatic rings. The first-order valence-electron chi connectivity index (χ1n) is 8.54. The van der Waals surface area contributed by atoms with Gasteiger partial charge in [0.15, 0.2) is 0 Å². The summed E-state index contributed by atoms with van der Waals surface area (Å²) < 4.78 is 0. The van der Waals surface area contributed by atoms with Crippen LogP contribution in [0.3, 0.4) is 0 Å². The number of hydrogen-bond donors (Lipinski definition) is 4. The summed E-state index contributed by atoms with van der Waals surface area (Å²) in [5, 5.41) is 17.9. The fourth-order valence-electron chi connectivity index (χ4n) is 2.81. The van der Waals surface area contributed by atoms with Crippen LogP contribution in [0.1, 0.15) is 38.7 Å². The van der Waals surface area contributed by atoms with Crippen LogP contribution in [0, 0.1) is 5.92 Å². The number of anilines is 1. The van der Waals surface area contributed by atoms with E-state index in [0.717, 1.165) is 24.9 Å². The number of aliphatic hydroxyl groups is 1. The van der Waals surface area contributed by atoms with Gasteiger partial charge in [0, 0.05) is 5.69 Å². The molecule has 132 valence electrons. The SMILES string of the molecule is CC(C)C[C@H](NC(=O)[C@@H]1CCCN1)C(=O)Nc1ccc(CO)cc1. The Morgan fingerprint density at radius 2 is 2.00 bits per heavy atom. The van der Waals surface area contributed by atoms with Crippen LogP contribution in [-0.2, 0) is 16.2 Å². The van der Waals surface area contributed by atoms with Crippen molar-refractivity contribution in [1.29, 1.82) is 0 Å². The van der Waals surface area contributed by atoms with Gasteiger partial charge in [-0.3, -0.25) is 9.59 Å². The first-order valence-corrected chi connectivity index (χ1v) is 8.54. The van der Waals surface area contributed by atoms with Crippen LogP contribution < -0.4 is 16.0 Å². The molecule has 0 spiro atoms. The molecule has 4 N–H and O–H groups in total. The van der Waals surface area contributed by atoms with Gasteiger partial charge in [-0.2, -0.15) is 0 Å². The minimum absolute atomic E-state index is 0.0331. The number of carbonyl (C=O) groups is 2. The summed E-state index contributed by atoms with van der Waals surface area (Å²) in [4.78, 5) is 24.9. The Morgan fingerprint density at radius 3 is 2.54 bits per heavy atom. The van der Waals surface area contributed by atoms with Gasteiger partial charge in [0.1, 0.15) is 6.04 Å². The standard InChI is InChI=1S/C18H27N3O3/c1-12(2)10-16(21-17(23)15-4-3-9-19-15)18(24)20-14-7-5-13(11-22)6-8-14/h5-8,12,15-16,19,22H,3-4,9-11H2,1-2H3,(H,20,24)(H,21,23)/t15-,16-/m0/s1. The average Bonchev–Trinajstić information content (AvgIpc) is 3.09. The molecule has 1 aliphatic heterocycles. The van der Waals surface area contributed by atoms with Gasteiger partial charge in [-0.1, -0.05) is 26.0 Å². The van der Waals surface area contributed by atoms with Crippen LogP contribution in [0.25, 0.3) is 0 Å². The lowest BCUT2D eigenvalue weighted by Crippen LogP contribution is -2.50. The number of hydrogen-bond acceptors (Lipinski definition) is 4. The molecule has 2 amide bonds. The number of aliphatic hydroxyl groups excluding tert-OH is 1. The van der Waals surface area contributed by atoms with E-state index in [1.165, 1.54) is 0 Å². The molecule has 1 fully saturated rings. The summed E-state index contributed by atoms with van der Waals surface area (Å²) in [5.41, 5.74) is 1.44. The molecule has 1 saturated heterocycles. The minimum atomic E-state index is -0.558. The Kier molecular flexibility index (Phi) is 6.75. The molecule has 1 aliphatic rings. The highest BCUT2D eigenvalue weighted by molar-refractivity contribution is 5.97. The number of benzene rings is 1. The zero-order valence-electron chi connectivity index (χ0n) is 14.3. The summed E-state index contributed by atoms with van der Waals surface area (Å²) >= 11 is 0. The highest BCUT2D eigenvalue weighted by atomic mass is 16.3. The second-order valence-electron chi connectivity index (χ2n) is 6.68. The first-order chi connectivity index (χ1) is 11.5. The Bertz CT molecular complexity index is 551. The van der Waals surface area contributed by atoms with Crippen molar-refractivity contribution in [1.82, 2.24) is 10.6 Å². The van der Waals surface area contributed by atoms with Gasteiger partial charge in [0.25, 0.3) is 0 Å². The van der Waals surface area contributed by atoms with E-state index in [2.05, 4.69) is 16.0 Å². The van der Waals surface area contributed by atoms with Gasteiger partial charge in [0.05, 0.1) is 12.6 Å². The first kappa shape index (κ1) is 18.4. The van der Waals surface area contributed by atoms with Crippen LogP contribution in [0.4, 0.5) is 5.69 Å². The zero-order chi connectivity index (χ0) is 17.5. The molecule has 1 aromatic carbocycles. The third-order valence-corrected chi connectivity index (χ3v) is 4.12. The molecule has 0 aliphatic carbocycles. The van der Waals surface area contributed by atoms with E-state index in [1.807, 2.05) is 13.8 Å². The van der Waals surface area contributed by atoms with E-state index >= 15 is 0 Å². The fourth-order valence-corrected chi connectivity index (χ4v) is 2.81. The minimum Gasteiger partial charge on any atom is -0.392 e. The largest absolute Gasteiger partial charge is 0.392 e. The molecule has 0 unspecified atom stereocenters. The summed E-state index contributed by atoms with van der Waals surface area (Å²) in [6.07, 6.45) is 2.37. The average molecular weight is 333 g/mol. The van der Waals surface area contributed by atoms with E-state index in [1.54, 1.807) is 24.3 Å². The van der Waals surface area contributed by atoms with Gasteiger partial charge < -0.3 is 21.1 Å². The van der Waals surface area contributed by atoms with Gasteiger partial charge in [-0.05, 0) is 49.4 Å². The number of carbonyl (C=O) groups excluding carboxylic acids is 2. The highest BCUT2D eigenvalue weighted by Crippen LogP contribution is 2.13. The second kappa shape index (κ2) is 8.80. The van der Waals surface area contributed by atoms with Crippen LogP contribution in [0.15, 0.2) is 24.3 Å². The summed E-state index contributed by atoms with van der Waals surface area (Å²) in [6, 6.07) is 6.25. The predicted octanol–water partition coefficient (Wildman–Crippen LogP) is 1.40. The Balaban J connectivity index is 1.99. The van der Waals surface area contributed by atoms with E-state index in [9.17, 15) is 9.59 Å². The van der Waals surface area contributed by atoms with Crippen molar-refractivity contribution >= 4 is 17.5 Å². The van der Waals surface area contributed by atoms with Crippen molar-refractivity contribution in [3.8, 4) is 0 Å². The van der Waals surface area contributed by atoms with Gasteiger partial charge >= 0.3 is 0 Å². The van der Waals surface area contributed by atoms with E-state index in [-0.39, 0.29) is 30.4 Å². The number of rotatable bonds is 7. The smallest absolute Gasteiger partial charge is 0.246 e. The summed E-state index contributed by atoms with van der Waals surface area (Å²) in [7, 11) is 0. The third kappa shape index (κ3) is 5.32. The molecule has 2 rings (SSSR count). The highest BCUT2D eigenvalue weighted by Gasteiger charge is 2.27. The van der Waals surface area contributed by atoms with Crippen LogP contribution >= 0.6 is 0 Å². The fraction of sp³-hybridized carbons (Fsp3) is 0.556. The lowest BCUT2D eigenvalue weighted by molar-refractivity contribution is -0.128. The maximum atomic E-state index is 12.6. The molecular formula is C18H27N3O3. The molecule has 6 heteroatoms. The molecular weight excluding hydrogens is 306 g/mol. The number of nitrogens with one attached hydrogen (secondary N) is 3. The summed E-state index contributed by atoms with van der Waals surface area (Å²) in [5.74, 6) is -0.0370. The number of amides is 2. The lowest BCUT2D eigenvalue weighted by atomic mass is 10.0.